The number of nitrogens with one attached hydrogen (secondary N) is 1. The van der Waals surface area contributed by atoms with Crippen LogP contribution in [0.2, 0.25) is 0 Å². The number of imidazole rings is 1. The minimum Gasteiger partial charge on any atom is -0.494 e. The predicted octanol–water partition coefficient (Wildman–Crippen LogP) is 4.24. The molecule has 0 bridgehead atoms. The molecule has 1 heterocycles. The summed E-state index contributed by atoms with van der Waals surface area (Å²) in [5, 5.41) is 2.88. The molecule has 0 aliphatic heterocycles. The van der Waals surface area contributed by atoms with Gasteiger partial charge in [-0.1, -0.05) is 18.2 Å². The van der Waals surface area contributed by atoms with Crippen LogP contribution < -0.4 is 14.8 Å². The molecule has 7 nitrogen and oxygen atoms in total. The molecule has 0 unspecified atom stereocenters. The molecule has 0 aliphatic rings. The molecular formula is C21H24N4O3. The van der Waals surface area contributed by atoms with Crippen molar-refractivity contribution in [1.82, 2.24) is 14.5 Å². The van der Waals surface area contributed by atoms with Crippen molar-refractivity contribution < 1.29 is 14.3 Å². The monoisotopic (exact) mass is 380 g/mol. The summed E-state index contributed by atoms with van der Waals surface area (Å²) in [5.74, 6) is 1.90. The first-order valence-corrected chi connectivity index (χ1v) is 9.04. The van der Waals surface area contributed by atoms with E-state index >= 15 is 0 Å². The summed E-state index contributed by atoms with van der Waals surface area (Å²) in [7, 11) is 3.33. The van der Waals surface area contributed by atoms with Gasteiger partial charge in [-0.15, -0.1) is 0 Å². The van der Waals surface area contributed by atoms with Gasteiger partial charge in [-0.3, -0.25) is 0 Å². The number of hydrogen-bond acceptors (Lipinski definition) is 4. The lowest BCUT2D eigenvalue weighted by atomic mass is 10.2. The van der Waals surface area contributed by atoms with Gasteiger partial charge in [-0.2, -0.15) is 0 Å². The third kappa shape index (κ3) is 5.26. The number of aromatic nitrogens is 2. The van der Waals surface area contributed by atoms with Crippen LogP contribution in [0.15, 0.2) is 67.3 Å². The van der Waals surface area contributed by atoms with Gasteiger partial charge in [0.15, 0.2) is 0 Å². The smallest absolute Gasteiger partial charge is 0.321 e. The Balaban J connectivity index is 1.56. The van der Waals surface area contributed by atoms with Crippen molar-refractivity contribution in [2.45, 2.75) is 13.0 Å². The Morgan fingerprint density at radius 1 is 1.18 bits per heavy atom. The maximum Gasteiger partial charge on any atom is 0.321 e. The standard InChI is InChI=1S/C21H24N4O3/c1-24(12-6-13-25-14-11-22-16-25)21(26)23-19-10-9-18(15-20(19)27-2)28-17-7-4-3-5-8-17/h3-5,7-11,14-16H,6,12-13H2,1-2H3,(H,23,26). The first-order valence-electron chi connectivity index (χ1n) is 9.04. The highest BCUT2D eigenvalue weighted by atomic mass is 16.5. The van der Waals surface area contributed by atoms with Crippen LogP contribution in [0.1, 0.15) is 6.42 Å². The Hall–Kier alpha value is -3.48. The highest BCUT2D eigenvalue weighted by Crippen LogP contribution is 2.31. The molecule has 146 valence electrons. The van der Waals surface area contributed by atoms with E-state index in [2.05, 4.69) is 10.3 Å². The van der Waals surface area contributed by atoms with E-state index in [1.54, 1.807) is 49.8 Å². The minimum absolute atomic E-state index is 0.194. The van der Waals surface area contributed by atoms with Gasteiger partial charge in [0.25, 0.3) is 0 Å². The summed E-state index contributed by atoms with van der Waals surface area (Å²) in [4.78, 5) is 18.1. The van der Waals surface area contributed by atoms with Crippen LogP contribution in [-0.4, -0.2) is 41.2 Å². The average Bonchev–Trinajstić information content (AvgIpc) is 3.23. The molecule has 0 spiro atoms. The largest absolute Gasteiger partial charge is 0.494 e. The van der Waals surface area contributed by atoms with Crippen molar-refractivity contribution in [2.24, 2.45) is 0 Å². The Kier molecular flexibility index (Phi) is 6.51. The summed E-state index contributed by atoms with van der Waals surface area (Å²) in [6.45, 7) is 1.44. The van der Waals surface area contributed by atoms with Gasteiger partial charge in [0, 0.05) is 38.6 Å². The number of aryl methyl sites for hydroxylation is 1. The fourth-order valence-corrected chi connectivity index (χ4v) is 2.68. The van der Waals surface area contributed by atoms with E-state index in [1.165, 1.54) is 0 Å². The zero-order chi connectivity index (χ0) is 19.8. The van der Waals surface area contributed by atoms with E-state index in [0.29, 0.717) is 23.7 Å². The molecule has 0 saturated carbocycles. The SMILES string of the molecule is COc1cc(Oc2ccccc2)ccc1NC(=O)N(C)CCCn1ccnc1. The van der Waals surface area contributed by atoms with Crippen molar-refractivity contribution in [3.05, 3.63) is 67.3 Å². The lowest BCUT2D eigenvalue weighted by Crippen LogP contribution is -2.32. The topological polar surface area (TPSA) is 68.6 Å². The fraction of sp³-hybridized carbons (Fsp3) is 0.238. The summed E-state index contributed by atoms with van der Waals surface area (Å²) < 4.78 is 13.2. The van der Waals surface area contributed by atoms with Crippen molar-refractivity contribution in [1.29, 1.82) is 0 Å². The fourth-order valence-electron chi connectivity index (χ4n) is 2.68. The summed E-state index contributed by atoms with van der Waals surface area (Å²) in [6, 6.07) is 14.6. The average molecular weight is 380 g/mol. The quantitative estimate of drug-likeness (QED) is 0.635. The second-order valence-electron chi connectivity index (χ2n) is 6.28. The van der Waals surface area contributed by atoms with Gasteiger partial charge in [0.2, 0.25) is 0 Å². The third-order valence-corrected chi connectivity index (χ3v) is 4.21. The van der Waals surface area contributed by atoms with E-state index < -0.39 is 0 Å². The third-order valence-electron chi connectivity index (χ3n) is 4.21. The first kappa shape index (κ1) is 19.3. The van der Waals surface area contributed by atoms with E-state index in [9.17, 15) is 4.79 Å². The van der Waals surface area contributed by atoms with Crippen LogP contribution in [0.3, 0.4) is 0 Å². The number of benzene rings is 2. The van der Waals surface area contributed by atoms with Crippen LogP contribution in [-0.2, 0) is 6.54 Å². The number of para-hydroxylation sites is 1. The molecule has 0 atom stereocenters. The molecule has 0 radical (unpaired) electrons. The van der Waals surface area contributed by atoms with Crippen molar-refractivity contribution in [2.75, 3.05) is 26.0 Å². The first-order chi connectivity index (χ1) is 13.7. The minimum atomic E-state index is -0.194. The molecule has 2 amide bonds. The second-order valence-corrected chi connectivity index (χ2v) is 6.28. The van der Waals surface area contributed by atoms with Gasteiger partial charge >= 0.3 is 6.03 Å². The van der Waals surface area contributed by atoms with Crippen LogP contribution >= 0.6 is 0 Å². The number of rotatable bonds is 8. The maximum atomic E-state index is 12.5. The number of methoxy groups -OCH3 is 1. The van der Waals surface area contributed by atoms with Crippen molar-refractivity contribution in [3.63, 3.8) is 0 Å². The number of nitrogens with zero attached hydrogens (tertiary/aromatic N) is 3. The molecule has 1 N–H and O–H groups in total. The molecular weight excluding hydrogens is 356 g/mol. The molecule has 1 aromatic heterocycles. The normalized spacial score (nSPS) is 10.4. The summed E-state index contributed by atoms with van der Waals surface area (Å²) in [6.07, 6.45) is 6.25. The number of carbonyl (C=O) groups excluding carboxylic acids is 1. The summed E-state index contributed by atoms with van der Waals surface area (Å²) >= 11 is 0. The molecule has 28 heavy (non-hydrogen) atoms. The van der Waals surface area contributed by atoms with Crippen LogP contribution in [0, 0.1) is 0 Å². The van der Waals surface area contributed by atoms with Gasteiger partial charge in [-0.25, -0.2) is 9.78 Å². The summed E-state index contributed by atoms with van der Waals surface area (Å²) in [5.41, 5.74) is 0.592. The van der Waals surface area contributed by atoms with E-state index in [4.69, 9.17) is 9.47 Å². The highest BCUT2D eigenvalue weighted by Gasteiger charge is 2.13. The van der Waals surface area contributed by atoms with Crippen LogP contribution in [0.25, 0.3) is 0 Å². The number of urea groups is 1. The number of hydrogen-bond donors (Lipinski definition) is 1. The lowest BCUT2D eigenvalue weighted by Gasteiger charge is -2.19. The second kappa shape index (κ2) is 9.45. The van der Waals surface area contributed by atoms with E-state index in [1.807, 2.05) is 41.1 Å². The number of amides is 2. The zero-order valence-corrected chi connectivity index (χ0v) is 16.0. The van der Waals surface area contributed by atoms with Gasteiger partial charge < -0.3 is 24.3 Å². The van der Waals surface area contributed by atoms with Gasteiger partial charge in [-0.05, 0) is 30.7 Å². The Morgan fingerprint density at radius 3 is 2.71 bits per heavy atom. The molecule has 0 aliphatic carbocycles. The molecule has 2 aromatic carbocycles. The number of ether oxygens (including phenoxy) is 2. The Labute approximate surface area is 164 Å². The molecule has 3 rings (SSSR count). The van der Waals surface area contributed by atoms with Crippen LogP contribution in [0.4, 0.5) is 10.5 Å². The molecule has 0 fully saturated rings. The van der Waals surface area contributed by atoms with E-state index in [-0.39, 0.29) is 6.03 Å². The zero-order valence-electron chi connectivity index (χ0n) is 16.0. The predicted molar refractivity (Wildman–Crippen MR) is 108 cm³/mol. The van der Waals surface area contributed by atoms with Gasteiger partial charge in [0.05, 0.1) is 19.1 Å². The maximum absolute atomic E-state index is 12.5. The number of anilines is 1. The lowest BCUT2D eigenvalue weighted by molar-refractivity contribution is 0.221. The van der Waals surface area contributed by atoms with E-state index in [0.717, 1.165) is 18.7 Å². The molecule has 3 aromatic rings. The Bertz CT molecular complexity index is 882. The number of carbonyl (C=O) groups is 1. The molecule has 0 saturated heterocycles. The Morgan fingerprint density at radius 2 is 2.00 bits per heavy atom. The van der Waals surface area contributed by atoms with Gasteiger partial charge in [0.1, 0.15) is 17.2 Å². The van der Waals surface area contributed by atoms with Crippen LogP contribution in [0.5, 0.6) is 17.2 Å². The van der Waals surface area contributed by atoms with Crippen molar-refractivity contribution in [3.8, 4) is 17.2 Å². The van der Waals surface area contributed by atoms with Crippen molar-refractivity contribution >= 4 is 11.7 Å². The highest BCUT2D eigenvalue weighted by molar-refractivity contribution is 5.91. The molecule has 7 heteroatoms.